The fourth-order valence-corrected chi connectivity index (χ4v) is 2.18. The average molecular weight is 212 g/mol. The molecular formula is C12H18ClN. The number of halogens is 1. The summed E-state index contributed by atoms with van der Waals surface area (Å²) in [4.78, 5) is 0. The second kappa shape index (κ2) is 5.38. The number of hydrogen-bond acceptors (Lipinski definition) is 1. The third-order valence-electron chi connectivity index (χ3n) is 3.04. The molecule has 0 heterocycles. The fourth-order valence-electron chi connectivity index (χ4n) is 2.18. The lowest BCUT2D eigenvalue weighted by molar-refractivity contribution is 0.395. The van der Waals surface area contributed by atoms with Crippen LogP contribution in [0.25, 0.3) is 0 Å². The SMILES string of the molecule is Cl.N[C@H]1CC[C@@H](c2ccccc2)CC1. The number of benzene rings is 1. The molecule has 0 aromatic heterocycles. The molecule has 0 saturated heterocycles. The van der Waals surface area contributed by atoms with Gasteiger partial charge >= 0.3 is 0 Å². The molecule has 14 heavy (non-hydrogen) atoms. The minimum Gasteiger partial charge on any atom is -0.328 e. The second-order valence-electron chi connectivity index (χ2n) is 4.02. The summed E-state index contributed by atoms with van der Waals surface area (Å²) < 4.78 is 0. The summed E-state index contributed by atoms with van der Waals surface area (Å²) in [5, 5.41) is 0. The van der Waals surface area contributed by atoms with Gasteiger partial charge in [0, 0.05) is 6.04 Å². The maximum atomic E-state index is 5.88. The molecule has 1 aromatic carbocycles. The molecule has 1 aliphatic carbocycles. The van der Waals surface area contributed by atoms with Gasteiger partial charge in [-0.3, -0.25) is 0 Å². The van der Waals surface area contributed by atoms with Gasteiger partial charge in [0.25, 0.3) is 0 Å². The van der Waals surface area contributed by atoms with E-state index in [1.807, 2.05) is 0 Å². The summed E-state index contributed by atoms with van der Waals surface area (Å²) in [6.45, 7) is 0. The number of hydrogen-bond donors (Lipinski definition) is 1. The van der Waals surface area contributed by atoms with Gasteiger partial charge in [-0.15, -0.1) is 12.4 Å². The Morgan fingerprint density at radius 1 is 0.929 bits per heavy atom. The van der Waals surface area contributed by atoms with Gasteiger partial charge in [0.05, 0.1) is 0 Å². The summed E-state index contributed by atoms with van der Waals surface area (Å²) in [6.07, 6.45) is 4.93. The third-order valence-corrected chi connectivity index (χ3v) is 3.04. The van der Waals surface area contributed by atoms with Crippen LogP contribution in [0.3, 0.4) is 0 Å². The standard InChI is InChI=1S/C12H17N.ClH/c13-12-8-6-11(7-9-12)10-4-2-1-3-5-10;/h1-5,11-12H,6-9,13H2;1H/t11-,12+;. The van der Waals surface area contributed by atoms with E-state index in [0.29, 0.717) is 6.04 Å². The topological polar surface area (TPSA) is 26.0 Å². The summed E-state index contributed by atoms with van der Waals surface area (Å²) in [7, 11) is 0. The highest BCUT2D eigenvalue weighted by atomic mass is 35.5. The molecule has 1 nitrogen and oxygen atoms in total. The second-order valence-corrected chi connectivity index (χ2v) is 4.02. The van der Waals surface area contributed by atoms with Crippen molar-refractivity contribution in [2.45, 2.75) is 37.6 Å². The lowest BCUT2D eigenvalue weighted by Crippen LogP contribution is -2.25. The van der Waals surface area contributed by atoms with Gasteiger partial charge in [-0.1, -0.05) is 30.3 Å². The summed E-state index contributed by atoms with van der Waals surface area (Å²) in [5.41, 5.74) is 7.37. The van der Waals surface area contributed by atoms with Crippen LogP contribution < -0.4 is 5.73 Å². The lowest BCUT2D eigenvalue weighted by Gasteiger charge is -2.26. The van der Waals surface area contributed by atoms with Crippen molar-refractivity contribution >= 4 is 12.4 Å². The predicted octanol–water partition coefficient (Wildman–Crippen LogP) is 3.09. The zero-order chi connectivity index (χ0) is 9.10. The highest BCUT2D eigenvalue weighted by Gasteiger charge is 2.19. The molecule has 0 amide bonds. The monoisotopic (exact) mass is 211 g/mol. The summed E-state index contributed by atoms with van der Waals surface area (Å²) >= 11 is 0. The van der Waals surface area contributed by atoms with Crippen LogP contribution in [0.2, 0.25) is 0 Å². The van der Waals surface area contributed by atoms with E-state index in [9.17, 15) is 0 Å². The van der Waals surface area contributed by atoms with Gasteiger partial charge in [-0.2, -0.15) is 0 Å². The van der Waals surface area contributed by atoms with Crippen molar-refractivity contribution in [3.05, 3.63) is 35.9 Å². The van der Waals surface area contributed by atoms with Crippen molar-refractivity contribution in [1.82, 2.24) is 0 Å². The zero-order valence-corrected chi connectivity index (χ0v) is 9.17. The van der Waals surface area contributed by atoms with Crippen LogP contribution in [0.5, 0.6) is 0 Å². The van der Waals surface area contributed by atoms with Crippen molar-refractivity contribution < 1.29 is 0 Å². The van der Waals surface area contributed by atoms with E-state index in [-0.39, 0.29) is 12.4 Å². The quantitative estimate of drug-likeness (QED) is 0.759. The van der Waals surface area contributed by atoms with Crippen molar-refractivity contribution in [1.29, 1.82) is 0 Å². The van der Waals surface area contributed by atoms with Gasteiger partial charge in [0.1, 0.15) is 0 Å². The van der Waals surface area contributed by atoms with Crippen LogP contribution >= 0.6 is 12.4 Å². The minimum absolute atomic E-state index is 0. The molecule has 1 fully saturated rings. The molecule has 2 heteroatoms. The largest absolute Gasteiger partial charge is 0.328 e. The molecule has 0 atom stereocenters. The van der Waals surface area contributed by atoms with Gasteiger partial charge in [-0.25, -0.2) is 0 Å². The Labute approximate surface area is 92.1 Å². The van der Waals surface area contributed by atoms with Gasteiger partial charge in [0.15, 0.2) is 0 Å². The first-order valence-corrected chi connectivity index (χ1v) is 5.17. The van der Waals surface area contributed by atoms with Crippen molar-refractivity contribution in [2.75, 3.05) is 0 Å². The van der Waals surface area contributed by atoms with Crippen molar-refractivity contribution in [2.24, 2.45) is 5.73 Å². The highest BCUT2D eigenvalue weighted by Crippen LogP contribution is 2.31. The Balaban J connectivity index is 0.000000980. The smallest absolute Gasteiger partial charge is 0.00392 e. The first-order chi connectivity index (χ1) is 6.36. The average Bonchev–Trinajstić information content (AvgIpc) is 2.20. The maximum absolute atomic E-state index is 5.88. The van der Waals surface area contributed by atoms with Crippen LogP contribution in [-0.2, 0) is 0 Å². The van der Waals surface area contributed by atoms with Gasteiger partial charge < -0.3 is 5.73 Å². The molecule has 0 aliphatic heterocycles. The first-order valence-electron chi connectivity index (χ1n) is 5.17. The molecule has 78 valence electrons. The van der Waals surface area contributed by atoms with Gasteiger partial charge in [0.2, 0.25) is 0 Å². The molecule has 0 spiro atoms. The fraction of sp³-hybridized carbons (Fsp3) is 0.500. The molecule has 1 aliphatic rings. The lowest BCUT2D eigenvalue weighted by atomic mass is 9.82. The normalized spacial score (nSPS) is 26.6. The number of nitrogens with two attached hydrogens (primary N) is 1. The molecule has 0 unspecified atom stereocenters. The van der Waals surface area contributed by atoms with E-state index >= 15 is 0 Å². The zero-order valence-electron chi connectivity index (χ0n) is 8.36. The molecule has 1 saturated carbocycles. The summed E-state index contributed by atoms with van der Waals surface area (Å²) in [5.74, 6) is 0.765. The first kappa shape index (κ1) is 11.5. The van der Waals surface area contributed by atoms with E-state index in [2.05, 4.69) is 30.3 Å². The van der Waals surface area contributed by atoms with E-state index in [1.165, 1.54) is 31.2 Å². The van der Waals surface area contributed by atoms with Crippen LogP contribution in [0.1, 0.15) is 37.2 Å². The van der Waals surface area contributed by atoms with Crippen LogP contribution in [-0.4, -0.2) is 6.04 Å². The molecule has 2 N–H and O–H groups in total. The van der Waals surface area contributed by atoms with Crippen LogP contribution in [0, 0.1) is 0 Å². The molecule has 2 rings (SSSR count). The predicted molar refractivity (Wildman–Crippen MR) is 62.9 cm³/mol. The van der Waals surface area contributed by atoms with Crippen molar-refractivity contribution in [3.8, 4) is 0 Å². The van der Waals surface area contributed by atoms with Crippen molar-refractivity contribution in [3.63, 3.8) is 0 Å². The Morgan fingerprint density at radius 3 is 2.07 bits per heavy atom. The molecular weight excluding hydrogens is 194 g/mol. The number of rotatable bonds is 1. The van der Waals surface area contributed by atoms with Crippen LogP contribution in [0.15, 0.2) is 30.3 Å². The highest BCUT2D eigenvalue weighted by molar-refractivity contribution is 5.85. The Morgan fingerprint density at radius 2 is 1.50 bits per heavy atom. The Bertz CT molecular complexity index is 252. The third kappa shape index (κ3) is 2.73. The Kier molecular flexibility index (Phi) is 4.43. The molecule has 0 radical (unpaired) electrons. The van der Waals surface area contributed by atoms with Crippen LogP contribution in [0.4, 0.5) is 0 Å². The van der Waals surface area contributed by atoms with E-state index in [4.69, 9.17) is 5.73 Å². The molecule has 1 aromatic rings. The Hall–Kier alpha value is -0.530. The van der Waals surface area contributed by atoms with E-state index < -0.39 is 0 Å². The summed E-state index contributed by atoms with van der Waals surface area (Å²) in [6, 6.07) is 11.3. The van der Waals surface area contributed by atoms with E-state index in [0.717, 1.165) is 5.92 Å². The molecule has 0 bridgehead atoms. The van der Waals surface area contributed by atoms with E-state index in [1.54, 1.807) is 0 Å². The maximum Gasteiger partial charge on any atom is 0.00392 e. The minimum atomic E-state index is 0. The van der Waals surface area contributed by atoms with Gasteiger partial charge in [-0.05, 0) is 37.2 Å².